The Hall–Kier alpha value is -0.910. The van der Waals surface area contributed by atoms with Gasteiger partial charge in [0.25, 0.3) is 0 Å². The molecule has 0 spiro atoms. The molecule has 1 aromatic rings. The molecule has 0 aliphatic carbocycles. The van der Waals surface area contributed by atoms with Gasteiger partial charge in [0.2, 0.25) is 0 Å². The number of rotatable bonds is 3. The first-order valence-electron chi connectivity index (χ1n) is 7.85. The van der Waals surface area contributed by atoms with Crippen LogP contribution in [0, 0.1) is 0 Å². The maximum atomic E-state index is 11.7. The molecule has 21 heavy (non-hydrogen) atoms. The second-order valence-corrected chi connectivity index (χ2v) is 8.39. The smallest absolute Gasteiger partial charge is 0.153 e. The van der Waals surface area contributed by atoms with Crippen LogP contribution >= 0.6 is 0 Å². The third-order valence-corrected chi connectivity index (χ3v) is 6.34. The second kappa shape index (κ2) is 6.46. The minimum Gasteiger partial charge on any atom is -0.312 e. The molecule has 3 rings (SSSR count). The predicted molar refractivity (Wildman–Crippen MR) is 85.4 cm³/mol. The van der Waals surface area contributed by atoms with Gasteiger partial charge in [0.05, 0.1) is 11.5 Å². The number of sulfone groups is 1. The summed E-state index contributed by atoms with van der Waals surface area (Å²) in [6.45, 7) is 3.76. The lowest BCUT2D eigenvalue weighted by Gasteiger charge is -2.27. The highest BCUT2D eigenvalue weighted by Crippen LogP contribution is 2.16. The number of fused-ring (bicyclic) bond motifs is 1. The van der Waals surface area contributed by atoms with Gasteiger partial charge in [-0.05, 0) is 36.9 Å². The Bertz CT molecular complexity index is 559. The van der Waals surface area contributed by atoms with Crippen LogP contribution in [0.1, 0.15) is 17.5 Å². The Morgan fingerprint density at radius 1 is 1.14 bits per heavy atom. The zero-order valence-corrected chi connectivity index (χ0v) is 13.2. The normalized spacial score (nSPS) is 26.0. The first-order valence-corrected chi connectivity index (χ1v) is 9.67. The van der Waals surface area contributed by atoms with E-state index >= 15 is 0 Å². The van der Waals surface area contributed by atoms with Crippen LogP contribution in [0.25, 0.3) is 0 Å². The van der Waals surface area contributed by atoms with Crippen LogP contribution in [0.3, 0.4) is 0 Å². The topological polar surface area (TPSA) is 49.4 Å². The summed E-state index contributed by atoms with van der Waals surface area (Å²) in [7, 11) is -2.82. The van der Waals surface area contributed by atoms with E-state index in [1.807, 2.05) is 0 Å². The van der Waals surface area contributed by atoms with Crippen LogP contribution < -0.4 is 5.32 Å². The van der Waals surface area contributed by atoms with Gasteiger partial charge in [0.1, 0.15) is 0 Å². The summed E-state index contributed by atoms with van der Waals surface area (Å²) in [6, 6.07) is 8.83. The average Bonchev–Trinajstić information content (AvgIpc) is 2.67. The summed E-state index contributed by atoms with van der Waals surface area (Å²) in [5.74, 6) is 0.601. The van der Waals surface area contributed by atoms with Crippen LogP contribution in [0.2, 0.25) is 0 Å². The quantitative estimate of drug-likeness (QED) is 0.900. The molecule has 1 N–H and O–H groups in total. The molecular formula is C16H24N2O2S. The highest BCUT2D eigenvalue weighted by atomic mass is 32.2. The summed E-state index contributed by atoms with van der Waals surface area (Å²) < 4.78 is 23.3. The summed E-state index contributed by atoms with van der Waals surface area (Å²) in [6.07, 6.45) is 3.13. The van der Waals surface area contributed by atoms with Crippen LogP contribution in [-0.2, 0) is 22.7 Å². The molecule has 5 heteroatoms. The monoisotopic (exact) mass is 308 g/mol. The van der Waals surface area contributed by atoms with Crippen molar-refractivity contribution in [3.63, 3.8) is 0 Å². The SMILES string of the molecule is O=S1(=O)CCNC(CCN2CCc3ccccc3CC2)C1. The molecule has 116 valence electrons. The minimum absolute atomic E-state index is 0.134. The fourth-order valence-electron chi connectivity index (χ4n) is 3.33. The molecule has 1 atom stereocenters. The summed E-state index contributed by atoms with van der Waals surface area (Å²) >= 11 is 0. The van der Waals surface area contributed by atoms with Crippen molar-refractivity contribution in [1.29, 1.82) is 0 Å². The van der Waals surface area contributed by atoms with E-state index in [9.17, 15) is 8.42 Å². The molecule has 1 aromatic carbocycles. The predicted octanol–water partition coefficient (Wildman–Crippen LogP) is 0.864. The molecule has 2 aliphatic heterocycles. The van der Waals surface area contributed by atoms with E-state index < -0.39 is 9.84 Å². The molecule has 1 fully saturated rings. The Balaban J connectivity index is 1.51. The van der Waals surface area contributed by atoms with Crippen molar-refractivity contribution >= 4 is 9.84 Å². The maximum absolute atomic E-state index is 11.7. The van der Waals surface area contributed by atoms with Gasteiger partial charge in [-0.2, -0.15) is 0 Å². The zero-order valence-electron chi connectivity index (χ0n) is 12.4. The zero-order chi connectivity index (χ0) is 14.7. The van der Waals surface area contributed by atoms with Gasteiger partial charge < -0.3 is 10.2 Å². The second-order valence-electron chi connectivity index (χ2n) is 6.16. The highest BCUT2D eigenvalue weighted by Gasteiger charge is 2.24. The first-order chi connectivity index (χ1) is 10.1. The van der Waals surface area contributed by atoms with Crippen molar-refractivity contribution in [2.24, 2.45) is 0 Å². The van der Waals surface area contributed by atoms with Gasteiger partial charge >= 0.3 is 0 Å². The summed E-state index contributed by atoms with van der Waals surface area (Å²) in [5, 5.41) is 3.34. The first kappa shape index (κ1) is 15.0. The Kier molecular flexibility index (Phi) is 4.62. The lowest BCUT2D eigenvalue weighted by molar-refractivity contribution is 0.270. The van der Waals surface area contributed by atoms with Crippen molar-refractivity contribution in [1.82, 2.24) is 10.2 Å². The van der Waals surface area contributed by atoms with Crippen LogP contribution in [-0.4, -0.2) is 57.0 Å². The van der Waals surface area contributed by atoms with Crippen LogP contribution in [0.5, 0.6) is 0 Å². The number of nitrogens with one attached hydrogen (secondary N) is 1. The van der Waals surface area contributed by atoms with Crippen molar-refractivity contribution in [3.8, 4) is 0 Å². The van der Waals surface area contributed by atoms with Gasteiger partial charge in [-0.25, -0.2) is 8.42 Å². The van der Waals surface area contributed by atoms with E-state index in [1.165, 1.54) is 11.1 Å². The number of nitrogens with zero attached hydrogens (tertiary/aromatic N) is 1. The van der Waals surface area contributed by atoms with Gasteiger partial charge in [0, 0.05) is 25.7 Å². The van der Waals surface area contributed by atoms with Crippen molar-refractivity contribution < 1.29 is 8.42 Å². The third-order valence-electron chi connectivity index (χ3n) is 4.61. The lowest BCUT2D eigenvalue weighted by atomic mass is 10.0. The summed E-state index contributed by atoms with van der Waals surface area (Å²) in [4.78, 5) is 2.48. The van der Waals surface area contributed by atoms with E-state index in [4.69, 9.17) is 0 Å². The average molecular weight is 308 g/mol. The molecule has 1 saturated heterocycles. The van der Waals surface area contributed by atoms with Crippen molar-refractivity contribution in [3.05, 3.63) is 35.4 Å². The largest absolute Gasteiger partial charge is 0.312 e. The van der Waals surface area contributed by atoms with E-state index in [1.54, 1.807) is 0 Å². The fourth-order valence-corrected chi connectivity index (χ4v) is 4.82. The van der Waals surface area contributed by atoms with Gasteiger partial charge in [0.15, 0.2) is 9.84 Å². The van der Waals surface area contributed by atoms with Crippen molar-refractivity contribution in [2.75, 3.05) is 37.7 Å². The lowest BCUT2D eigenvalue weighted by Crippen LogP contribution is -2.46. The molecular weight excluding hydrogens is 284 g/mol. The molecule has 2 aliphatic rings. The molecule has 4 nitrogen and oxygen atoms in total. The number of hydrogen-bond donors (Lipinski definition) is 1. The molecule has 0 radical (unpaired) electrons. The Morgan fingerprint density at radius 2 is 1.81 bits per heavy atom. The van der Waals surface area contributed by atoms with Crippen molar-refractivity contribution in [2.45, 2.75) is 25.3 Å². The van der Waals surface area contributed by atoms with Gasteiger partial charge in [-0.1, -0.05) is 24.3 Å². The van der Waals surface area contributed by atoms with Crippen LogP contribution in [0.4, 0.5) is 0 Å². The minimum atomic E-state index is -2.82. The van der Waals surface area contributed by atoms with E-state index in [-0.39, 0.29) is 6.04 Å². The van der Waals surface area contributed by atoms with Gasteiger partial charge in [-0.15, -0.1) is 0 Å². The molecule has 0 amide bonds. The fraction of sp³-hybridized carbons (Fsp3) is 0.625. The van der Waals surface area contributed by atoms with E-state index in [0.29, 0.717) is 18.1 Å². The highest BCUT2D eigenvalue weighted by molar-refractivity contribution is 7.91. The standard InChI is InChI=1S/C16H24N2O2S/c19-21(20)12-8-17-16(13-21)7-11-18-9-5-14-3-1-2-4-15(14)6-10-18/h1-4,16-17H,5-13H2. The number of hydrogen-bond acceptors (Lipinski definition) is 4. The van der Waals surface area contributed by atoms with E-state index in [2.05, 4.69) is 34.5 Å². The molecule has 2 heterocycles. The summed E-state index contributed by atoms with van der Waals surface area (Å²) in [5.41, 5.74) is 2.94. The Labute approximate surface area is 127 Å². The molecule has 0 aromatic heterocycles. The molecule has 0 saturated carbocycles. The Morgan fingerprint density at radius 3 is 2.43 bits per heavy atom. The molecule has 0 bridgehead atoms. The maximum Gasteiger partial charge on any atom is 0.153 e. The van der Waals surface area contributed by atoms with Gasteiger partial charge in [-0.3, -0.25) is 0 Å². The van der Waals surface area contributed by atoms with E-state index in [0.717, 1.165) is 38.9 Å². The van der Waals surface area contributed by atoms with Crippen LogP contribution in [0.15, 0.2) is 24.3 Å². The third kappa shape index (κ3) is 4.05. The number of benzene rings is 1. The molecule has 1 unspecified atom stereocenters.